The van der Waals surface area contributed by atoms with Gasteiger partial charge >= 0.3 is 5.97 Å². The number of carbonyl (C=O) groups excluding carboxylic acids is 1. The Kier molecular flexibility index (Phi) is 9.73. The number of hydrogen-bond donors (Lipinski definition) is 1. The first-order valence-corrected chi connectivity index (χ1v) is 10.5. The molecular formula is C22H31FIN5O2. The van der Waals surface area contributed by atoms with Crippen molar-refractivity contribution in [2.45, 2.75) is 40.2 Å². The number of aliphatic imine (C=N–C) groups is 1. The maximum Gasteiger partial charge on any atom is 0.309 e. The van der Waals surface area contributed by atoms with Crippen molar-refractivity contribution in [1.29, 1.82) is 0 Å². The molecule has 31 heavy (non-hydrogen) atoms. The minimum absolute atomic E-state index is 0. The second-order valence-corrected chi connectivity index (χ2v) is 7.31. The van der Waals surface area contributed by atoms with Gasteiger partial charge in [0.2, 0.25) is 0 Å². The standard InChI is InChI=1S/C22H30FN5O2.HI/c1-4-24-22(27-11-8-18(9-12-27)21(29)30-5-2)26-15-17-6-7-20(19(23)14-17)28-13-10-25-16(28)3;/h6-7,10,13-14,18H,4-5,8-9,11-12,15H2,1-3H3,(H,24,26);1H. The number of benzene rings is 1. The van der Waals surface area contributed by atoms with Gasteiger partial charge in [0.05, 0.1) is 24.8 Å². The maximum atomic E-state index is 14.6. The van der Waals surface area contributed by atoms with Gasteiger partial charge in [0.15, 0.2) is 5.96 Å². The lowest BCUT2D eigenvalue weighted by molar-refractivity contribution is -0.149. The first-order valence-electron chi connectivity index (χ1n) is 10.5. The van der Waals surface area contributed by atoms with Crippen LogP contribution < -0.4 is 5.32 Å². The van der Waals surface area contributed by atoms with E-state index in [9.17, 15) is 9.18 Å². The van der Waals surface area contributed by atoms with E-state index in [1.54, 1.807) is 23.0 Å². The highest BCUT2D eigenvalue weighted by molar-refractivity contribution is 14.0. The fraction of sp³-hybridized carbons (Fsp3) is 0.500. The summed E-state index contributed by atoms with van der Waals surface area (Å²) >= 11 is 0. The zero-order valence-electron chi connectivity index (χ0n) is 18.3. The van der Waals surface area contributed by atoms with Gasteiger partial charge in [-0.15, -0.1) is 24.0 Å². The van der Waals surface area contributed by atoms with Gasteiger partial charge in [-0.05, 0) is 51.3 Å². The Morgan fingerprint density at radius 3 is 2.65 bits per heavy atom. The number of carbonyl (C=O) groups is 1. The lowest BCUT2D eigenvalue weighted by atomic mass is 9.97. The molecule has 0 saturated carbocycles. The van der Waals surface area contributed by atoms with E-state index in [1.165, 1.54) is 6.07 Å². The Morgan fingerprint density at radius 1 is 1.32 bits per heavy atom. The zero-order chi connectivity index (χ0) is 21.5. The number of halogens is 2. The third kappa shape index (κ3) is 6.41. The molecule has 1 aromatic heterocycles. The van der Waals surface area contributed by atoms with Gasteiger partial charge in [0.25, 0.3) is 0 Å². The normalized spacial score (nSPS) is 14.8. The summed E-state index contributed by atoms with van der Waals surface area (Å²) in [6.45, 7) is 8.69. The number of esters is 1. The topological polar surface area (TPSA) is 71.8 Å². The molecule has 170 valence electrons. The van der Waals surface area contributed by atoms with Crippen LogP contribution in [0, 0.1) is 18.7 Å². The summed E-state index contributed by atoms with van der Waals surface area (Å²) in [5, 5.41) is 3.30. The minimum atomic E-state index is -0.302. The number of imidazole rings is 1. The largest absolute Gasteiger partial charge is 0.466 e. The fourth-order valence-electron chi connectivity index (χ4n) is 3.66. The summed E-state index contributed by atoms with van der Waals surface area (Å²) in [7, 11) is 0. The molecule has 2 heterocycles. The Labute approximate surface area is 200 Å². The molecule has 0 amide bonds. The van der Waals surface area contributed by atoms with Crippen molar-refractivity contribution in [2.24, 2.45) is 10.9 Å². The molecular weight excluding hydrogens is 512 g/mol. The predicted molar refractivity (Wildman–Crippen MR) is 129 cm³/mol. The number of rotatable bonds is 6. The zero-order valence-corrected chi connectivity index (χ0v) is 20.6. The van der Waals surface area contributed by atoms with Gasteiger partial charge in [-0.3, -0.25) is 4.79 Å². The van der Waals surface area contributed by atoms with Gasteiger partial charge < -0.3 is 19.5 Å². The summed E-state index contributed by atoms with van der Waals surface area (Å²) in [4.78, 5) is 22.9. The van der Waals surface area contributed by atoms with Crippen LogP contribution in [0.1, 0.15) is 38.1 Å². The molecule has 0 aliphatic carbocycles. The number of aryl methyl sites for hydroxylation is 1. The van der Waals surface area contributed by atoms with E-state index < -0.39 is 0 Å². The summed E-state index contributed by atoms with van der Waals surface area (Å²) in [6, 6.07) is 5.17. The van der Waals surface area contributed by atoms with E-state index in [2.05, 4.69) is 15.2 Å². The summed E-state index contributed by atoms with van der Waals surface area (Å²) in [5.74, 6) is 1.07. The van der Waals surface area contributed by atoms with E-state index in [0.717, 1.165) is 49.8 Å². The Hall–Kier alpha value is -2.17. The SMILES string of the molecule is CCNC(=NCc1ccc(-n2ccnc2C)c(F)c1)N1CCC(C(=O)OCC)CC1.I. The average molecular weight is 543 g/mol. The van der Waals surface area contributed by atoms with Crippen LogP contribution in [0.4, 0.5) is 4.39 Å². The monoisotopic (exact) mass is 543 g/mol. The van der Waals surface area contributed by atoms with Crippen molar-refractivity contribution in [1.82, 2.24) is 19.8 Å². The number of guanidine groups is 1. The van der Waals surface area contributed by atoms with Gasteiger partial charge in [0, 0.05) is 32.0 Å². The molecule has 1 aliphatic rings. The summed E-state index contributed by atoms with van der Waals surface area (Å²) in [5.41, 5.74) is 1.27. The van der Waals surface area contributed by atoms with Crippen LogP contribution in [0.2, 0.25) is 0 Å². The molecule has 1 aromatic carbocycles. The van der Waals surface area contributed by atoms with Crippen molar-refractivity contribution < 1.29 is 13.9 Å². The van der Waals surface area contributed by atoms with Crippen LogP contribution in [0.25, 0.3) is 5.69 Å². The molecule has 2 aromatic rings. The predicted octanol–water partition coefficient (Wildman–Crippen LogP) is 3.68. The van der Waals surface area contributed by atoms with E-state index in [4.69, 9.17) is 9.73 Å². The van der Waals surface area contributed by atoms with Crippen LogP contribution >= 0.6 is 24.0 Å². The van der Waals surface area contributed by atoms with Crippen LogP contribution in [0.15, 0.2) is 35.6 Å². The Balaban J connectivity index is 0.00000341. The third-order valence-electron chi connectivity index (χ3n) is 5.26. The number of ether oxygens (including phenoxy) is 1. The molecule has 0 unspecified atom stereocenters. The van der Waals surface area contributed by atoms with Gasteiger partial charge in [-0.2, -0.15) is 0 Å². The highest BCUT2D eigenvalue weighted by Crippen LogP contribution is 2.20. The molecule has 0 radical (unpaired) electrons. The van der Waals surface area contributed by atoms with Crippen molar-refractivity contribution in [3.8, 4) is 5.69 Å². The van der Waals surface area contributed by atoms with E-state index >= 15 is 0 Å². The highest BCUT2D eigenvalue weighted by Gasteiger charge is 2.27. The van der Waals surface area contributed by atoms with Crippen LogP contribution in [0.3, 0.4) is 0 Å². The second kappa shape index (κ2) is 12.0. The Morgan fingerprint density at radius 2 is 2.06 bits per heavy atom. The van der Waals surface area contributed by atoms with Gasteiger partial charge in [-0.25, -0.2) is 14.4 Å². The number of hydrogen-bond acceptors (Lipinski definition) is 4. The molecule has 1 aliphatic heterocycles. The molecule has 9 heteroatoms. The average Bonchev–Trinajstić information content (AvgIpc) is 3.17. The maximum absolute atomic E-state index is 14.6. The molecule has 3 rings (SSSR count). The molecule has 7 nitrogen and oxygen atoms in total. The molecule has 0 spiro atoms. The molecule has 1 fully saturated rings. The minimum Gasteiger partial charge on any atom is -0.466 e. The van der Waals surface area contributed by atoms with E-state index in [0.29, 0.717) is 18.8 Å². The quantitative estimate of drug-likeness (QED) is 0.261. The fourth-order valence-corrected chi connectivity index (χ4v) is 3.66. The molecule has 1 saturated heterocycles. The van der Waals surface area contributed by atoms with Crippen LogP contribution in [0.5, 0.6) is 0 Å². The number of likely N-dealkylation sites (tertiary alicyclic amines) is 1. The van der Waals surface area contributed by atoms with Gasteiger partial charge in [0.1, 0.15) is 11.6 Å². The summed E-state index contributed by atoms with van der Waals surface area (Å²) < 4.78 is 21.5. The van der Waals surface area contributed by atoms with Gasteiger partial charge in [-0.1, -0.05) is 6.07 Å². The first-order chi connectivity index (χ1) is 14.5. The van der Waals surface area contributed by atoms with Crippen molar-refractivity contribution in [3.63, 3.8) is 0 Å². The van der Waals surface area contributed by atoms with Crippen molar-refractivity contribution in [3.05, 3.63) is 47.8 Å². The number of nitrogens with zero attached hydrogens (tertiary/aromatic N) is 4. The van der Waals surface area contributed by atoms with Crippen LogP contribution in [-0.2, 0) is 16.1 Å². The lowest BCUT2D eigenvalue weighted by Gasteiger charge is -2.33. The summed E-state index contributed by atoms with van der Waals surface area (Å²) in [6.07, 6.45) is 4.89. The smallest absolute Gasteiger partial charge is 0.309 e. The molecule has 0 atom stereocenters. The van der Waals surface area contributed by atoms with Crippen molar-refractivity contribution >= 4 is 35.9 Å². The number of piperidine rings is 1. The molecule has 1 N–H and O–H groups in total. The van der Waals surface area contributed by atoms with Crippen LogP contribution in [-0.4, -0.2) is 52.6 Å². The number of nitrogens with one attached hydrogen (secondary N) is 1. The Bertz CT molecular complexity index is 894. The van der Waals surface area contributed by atoms with E-state index in [-0.39, 0.29) is 41.7 Å². The van der Waals surface area contributed by atoms with Crippen molar-refractivity contribution in [2.75, 3.05) is 26.2 Å². The lowest BCUT2D eigenvalue weighted by Crippen LogP contribution is -2.46. The second-order valence-electron chi connectivity index (χ2n) is 7.31. The third-order valence-corrected chi connectivity index (χ3v) is 5.26. The number of aromatic nitrogens is 2. The molecule has 0 bridgehead atoms. The first kappa shape index (κ1) is 25.1. The van der Waals surface area contributed by atoms with E-state index in [1.807, 2.05) is 26.8 Å². The highest BCUT2D eigenvalue weighted by atomic mass is 127.